The predicted octanol–water partition coefficient (Wildman–Crippen LogP) is 4.40. The van der Waals surface area contributed by atoms with Crippen molar-refractivity contribution in [2.75, 3.05) is 13.2 Å². The highest BCUT2D eigenvalue weighted by Crippen LogP contribution is 2.27. The van der Waals surface area contributed by atoms with E-state index in [4.69, 9.17) is 19.2 Å². The van der Waals surface area contributed by atoms with Gasteiger partial charge in [-0.25, -0.2) is 18.7 Å². The molecule has 0 radical (unpaired) electrons. The molecule has 1 N–H and O–H groups in total. The standard InChI is InChI=1S/C30H33F2N5O4/c1-19-12-22(41-30-6-9-33-28(35-30)18-40-27-5-3-21(31)14-24(27)32)7-10-36(19)16-29-34-25-4-2-20(17-38)13-26(25)37(29)15-23-8-11-39-23/h2-6,9,13-14,19,22-23,38H,7-8,10-12,15-18H2,1H3/t19-,22-,23-/m0/s1. The molecule has 2 aliphatic heterocycles. The Balaban J connectivity index is 1.08. The van der Waals surface area contributed by atoms with Crippen LogP contribution in [0.4, 0.5) is 8.78 Å². The van der Waals surface area contributed by atoms with Gasteiger partial charge in [-0.2, -0.15) is 4.98 Å². The van der Waals surface area contributed by atoms with Crippen LogP contribution in [0.5, 0.6) is 11.6 Å². The second-order valence-corrected chi connectivity index (χ2v) is 10.7. The number of aliphatic hydroxyl groups is 1. The monoisotopic (exact) mass is 565 g/mol. The lowest BCUT2D eigenvalue weighted by Gasteiger charge is -2.37. The van der Waals surface area contributed by atoms with E-state index in [1.54, 1.807) is 12.3 Å². The molecular weight excluding hydrogens is 532 g/mol. The van der Waals surface area contributed by atoms with Crippen molar-refractivity contribution >= 4 is 11.0 Å². The van der Waals surface area contributed by atoms with Crippen LogP contribution in [0.1, 0.15) is 43.4 Å². The highest BCUT2D eigenvalue weighted by Gasteiger charge is 2.29. The first kappa shape index (κ1) is 27.5. The number of ether oxygens (including phenoxy) is 3. The Morgan fingerprint density at radius 2 is 1.98 bits per heavy atom. The first-order valence-corrected chi connectivity index (χ1v) is 14.0. The molecule has 4 heterocycles. The maximum absolute atomic E-state index is 13.9. The van der Waals surface area contributed by atoms with Gasteiger partial charge in [0.05, 0.1) is 36.8 Å². The number of fused-ring (bicyclic) bond motifs is 1. The van der Waals surface area contributed by atoms with Gasteiger partial charge >= 0.3 is 0 Å². The number of likely N-dealkylation sites (tertiary alicyclic amines) is 1. The summed E-state index contributed by atoms with van der Waals surface area (Å²) in [4.78, 5) is 16.0. The van der Waals surface area contributed by atoms with Gasteiger partial charge in [0.1, 0.15) is 24.4 Å². The summed E-state index contributed by atoms with van der Waals surface area (Å²) in [6.45, 7) is 5.21. The topological polar surface area (TPSA) is 94.8 Å². The number of aromatic nitrogens is 4. The van der Waals surface area contributed by atoms with Gasteiger partial charge < -0.3 is 23.9 Å². The second kappa shape index (κ2) is 12.1. The minimum absolute atomic E-state index is 0.00537. The zero-order chi connectivity index (χ0) is 28.3. The fraction of sp³-hybridized carbons (Fsp3) is 0.433. The molecule has 0 unspecified atom stereocenters. The summed E-state index contributed by atoms with van der Waals surface area (Å²) in [6, 6.07) is 11.0. The molecule has 2 aromatic carbocycles. The first-order valence-electron chi connectivity index (χ1n) is 14.0. The van der Waals surface area contributed by atoms with Crippen molar-refractivity contribution in [1.29, 1.82) is 0 Å². The normalized spacial score (nSPS) is 21.1. The quantitative estimate of drug-likeness (QED) is 0.303. The smallest absolute Gasteiger partial charge is 0.216 e. The average Bonchev–Trinajstić information content (AvgIpc) is 3.27. The summed E-state index contributed by atoms with van der Waals surface area (Å²) >= 11 is 0. The van der Waals surface area contributed by atoms with Crippen molar-refractivity contribution in [3.63, 3.8) is 0 Å². The third-order valence-electron chi connectivity index (χ3n) is 7.78. The molecule has 4 aromatic rings. The summed E-state index contributed by atoms with van der Waals surface area (Å²) in [5.74, 6) is 0.265. The van der Waals surface area contributed by atoms with E-state index in [9.17, 15) is 13.9 Å². The van der Waals surface area contributed by atoms with Gasteiger partial charge in [0.25, 0.3) is 0 Å². The number of imidazole rings is 1. The zero-order valence-corrected chi connectivity index (χ0v) is 22.9. The van der Waals surface area contributed by atoms with Gasteiger partial charge in [-0.05, 0) is 56.0 Å². The fourth-order valence-electron chi connectivity index (χ4n) is 5.40. The Morgan fingerprint density at radius 1 is 1.10 bits per heavy atom. The molecule has 6 rings (SSSR count). The molecule has 9 nitrogen and oxygen atoms in total. The van der Waals surface area contributed by atoms with E-state index in [-0.39, 0.29) is 37.2 Å². The molecular formula is C30H33F2N5O4. The van der Waals surface area contributed by atoms with Crippen LogP contribution in [0, 0.1) is 11.6 Å². The van der Waals surface area contributed by atoms with E-state index >= 15 is 0 Å². The molecule has 11 heteroatoms. The molecule has 0 bridgehead atoms. The van der Waals surface area contributed by atoms with Crippen LogP contribution in [-0.2, 0) is 31.0 Å². The molecule has 216 valence electrons. The fourth-order valence-corrected chi connectivity index (χ4v) is 5.40. The van der Waals surface area contributed by atoms with Crippen LogP contribution < -0.4 is 9.47 Å². The van der Waals surface area contributed by atoms with Crippen molar-refractivity contribution in [3.05, 3.63) is 77.5 Å². The Labute approximate surface area is 236 Å². The maximum Gasteiger partial charge on any atom is 0.216 e. The van der Waals surface area contributed by atoms with Crippen LogP contribution in [-0.4, -0.2) is 60.9 Å². The molecule has 0 amide bonds. The third kappa shape index (κ3) is 6.32. The summed E-state index contributed by atoms with van der Waals surface area (Å²) in [6.07, 6.45) is 4.43. The van der Waals surface area contributed by atoms with Crippen LogP contribution in [0.2, 0.25) is 0 Å². The molecule has 2 fully saturated rings. The average molecular weight is 566 g/mol. The summed E-state index contributed by atoms with van der Waals surface area (Å²) in [5, 5.41) is 9.65. The lowest BCUT2D eigenvalue weighted by Crippen LogP contribution is -2.44. The number of nitrogens with zero attached hydrogens (tertiary/aromatic N) is 5. The van der Waals surface area contributed by atoms with Crippen LogP contribution in [0.3, 0.4) is 0 Å². The number of piperidine rings is 1. The molecule has 2 saturated heterocycles. The van der Waals surface area contributed by atoms with E-state index in [1.165, 1.54) is 6.07 Å². The maximum atomic E-state index is 13.9. The minimum atomic E-state index is -0.778. The predicted molar refractivity (Wildman–Crippen MR) is 146 cm³/mol. The summed E-state index contributed by atoms with van der Waals surface area (Å²) < 4.78 is 46.6. The molecule has 0 spiro atoms. The van der Waals surface area contributed by atoms with Gasteiger partial charge in [0.15, 0.2) is 17.4 Å². The van der Waals surface area contributed by atoms with Gasteiger partial charge in [0, 0.05) is 37.5 Å². The van der Waals surface area contributed by atoms with Gasteiger partial charge in [-0.3, -0.25) is 4.90 Å². The van der Waals surface area contributed by atoms with E-state index in [1.807, 2.05) is 18.2 Å². The molecule has 2 aromatic heterocycles. The number of hydrogen-bond acceptors (Lipinski definition) is 8. The number of rotatable bonds is 10. The molecule has 41 heavy (non-hydrogen) atoms. The van der Waals surface area contributed by atoms with Crippen LogP contribution in [0.15, 0.2) is 48.7 Å². The Kier molecular flexibility index (Phi) is 8.09. The zero-order valence-electron chi connectivity index (χ0n) is 22.9. The van der Waals surface area contributed by atoms with E-state index in [0.717, 1.165) is 73.5 Å². The van der Waals surface area contributed by atoms with Crippen molar-refractivity contribution in [2.24, 2.45) is 0 Å². The molecule has 0 aliphatic carbocycles. The lowest BCUT2D eigenvalue weighted by atomic mass is 10.0. The van der Waals surface area contributed by atoms with E-state index in [2.05, 4.69) is 26.4 Å². The Hall–Kier alpha value is -3.67. The first-order chi connectivity index (χ1) is 19.9. The Morgan fingerprint density at radius 3 is 2.73 bits per heavy atom. The lowest BCUT2D eigenvalue weighted by molar-refractivity contribution is -0.0593. The van der Waals surface area contributed by atoms with Crippen LogP contribution in [0.25, 0.3) is 11.0 Å². The van der Waals surface area contributed by atoms with Crippen molar-refractivity contribution in [3.8, 4) is 11.6 Å². The number of hydrogen-bond donors (Lipinski definition) is 1. The Bertz CT molecular complexity index is 1510. The number of halogens is 2. The van der Waals surface area contributed by atoms with Gasteiger partial charge in [-0.15, -0.1) is 0 Å². The van der Waals surface area contributed by atoms with E-state index in [0.29, 0.717) is 18.2 Å². The SMILES string of the molecule is C[C@H]1C[C@@H](Oc2ccnc(COc3ccc(F)cc3F)n2)CCN1Cc1nc2ccc(CO)cc2n1C[C@@H]1CCO1. The molecule has 0 saturated carbocycles. The highest BCUT2D eigenvalue weighted by atomic mass is 19.1. The summed E-state index contributed by atoms with van der Waals surface area (Å²) in [7, 11) is 0. The number of aliphatic hydroxyl groups excluding tert-OH is 1. The largest absolute Gasteiger partial charge is 0.483 e. The van der Waals surface area contributed by atoms with E-state index < -0.39 is 11.6 Å². The van der Waals surface area contributed by atoms with Gasteiger partial charge in [-0.1, -0.05) is 6.07 Å². The number of benzene rings is 2. The van der Waals surface area contributed by atoms with Crippen molar-refractivity contribution in [2.45, 2.75) is 70.7 Å². The third-order valence-corrected chi connectivity index (χ3v) is 7.78. The highest BCUT2D eigenvalue weighted by molar-refractivity contribution is 5.77. The molecule has 2 aliphatic rings. The second-order valence-electron chi connectivity index (χ2n) is 10.7. The minimum Gasteiger partial charge on any atom is -0.483 e. The molecule has 3 atom stereocenters. The summed E-state index contributed by atoms with van der Waals surface area (Å²) in [5.41, 5.74) is 2.82. The van der Waals surface area contributed by atoms with Gasteiger partial charge in [0.2, 0.25) is 5.88 Å². The van der Waals surface area contributed by atoms with Crippen LogP contribution >= 0.6 is 0 Å². The van der Waals surface area contributed by atoms with Crippen molar-refractivity contribution in [1.82, 2.24) is 24.4 Å². The van der Waals surface area contributed by atoms with Crippen molar-refractivity contribution < 1.29 is 28.1 Å².